The number of carbonyl (C=O) groups is 2. The van der Waals surface area contributed by atoms with Crippen molar-refractivity contribution in [3.8, 4) is 5.75 Å². The van der Waals surface area contributed by atoms with E-state index in [1.165, 1.54) is 6.92 Å². The molecule has 1 aliphatic heterocycles. The van der Waals surface area contributed by atoms with Crippen molar-refractivity contribution in [1.82, 2.24) is 5.32 Å². The van der Waals surface area contributed by atoms with Crippen LogP contribution < -0.4 is 21.1 Å². The fourth-order valence-electron chi connectivity index (χ4n) is 1.69. The van der Waals surface area contributed by atoms with Gasteiger partial charge in [-0.3, -0.25) is 9.59 Å². The van der Waals surface area contributed by atoms with Crippen molar-refractivity contribution in [3.63, 3.8) is 0 Å². The van der Waals surface area contributed by atoms with E-state index in [2.05, 4.69) is 10.6 Å². The Morgan fingerprint density at radius 2 is 2.28 bits per heavy atom. The van der Waals surface area contributed by atoms with Crippen LogP contribution in [0.25, 0.3) is 0 Å². The van der Waals surface area contributed by atoms with Crippen molar-refractivity contribution in [2.75, 3.05) is 18.5 Å². The summed E-state index contributed by atoms with van der Waals surface area (Å²) in [4.78, 5) is 22.9. The van der Waals surface area contributed by atoms with Crippen molar-refractivity contribution < 1.29 is 14.3 Å². The van der Waals surface area contributed by atoms with Crippen LogP contribution in [0.1, 0.15) is 17.3 Å². The second kappa shape index (κ2) is 4.95. The number of fused-ring (bicyclic) bond motifs is 1. The standard InChI is InChI=1S/C12H15N3O3/c1-7(11(13)16)15-12(17)8-3-2-4-9-10(8)18-6-5-14-9/h2-4,7,14H,5-6H2,1H3,(H2,13,16)(H,15,17). The first-order valence-corrected chi connectivity index (χ1v) is 5.69. The van der Waals surface area contributed by atoms with Gasteiger partial charge in [-0.1, -0.05) is 6.07 Å². The van der Waals surface area contributed by atoms with Gasteiger partial charge in [0, 0.05) is 6.54 Å². The molecule has 6 heteroatoms. The Morgan fingerprint density at radius 3 is 3.00 bits per heavy atom. The van der Waals surface area contributed by atoms with Crippen LogP contribution in [-0.2, 0) is 4.79 Å². The van der Waals surface area contributed by atoms with Crippen molar-refractivity contribution in [1.29, 1.82) is 0 Å². The van der Waals surface area contributed by atoms with Crippen LogP contribution in [0.4, 0.5) is 5.69 Å². The third-order valence-electron chi connectivity index (χ3n) is 2.70. The van der Waals surface area contributed by atoms with Gasteiger partial charge in [0.2, 0.25) is 5.91 Å². The van der Waals surface area contributed by atoms with E-state index in [0.29, 0.717) is 24.5 Å². The monoisotopic (exact) mass is 249 g/mol. The Morgan fingerprint density at radius 1 is 1.50 bits per heavy atom. The molecule has 0 aromatic heterocycles. The zero-order valence-electron chi connectivity index (χ0n) is 10.0. The van der Waals surface area contributed by atoms with Gasteiger partial charge in [0.25, 0.3) is 5.91 Å². The molecule has 1 aromatic rings. The number of nitrogens with one attached hydrogen (secondary N) is 2. The Hall–Kier alpha value is -2.24. The molecule has 2 amide bonds. The lowest BCUT2D eigenvalue weighted by Crippen LogP contribution is -2.42. The maximum atomic E-state index is 12.0. The quantitative estimate of drug-likeness (QED) is 0.708. The summed E-state index contributed by atoms with van der Waals surface area (Å²) < 4.78 is 5.48. The predicted molar refractivity (Wildman–Crippen MR) is 66.5 cm³/mol. The molecule has 1 aromatic carbocycles. The van der Waals surface area contributed by atoms with Crippen LogP contribution in [0, 0.1) is 0 Å². The molecule has 0 spiro atoms. The topological polar surface area (TPSA) is 93.4 Å². The fourth-order valence-corrected chi connectivity index (χ4v) is 1.69. The molecule has 1 heterocycles. The number of hydrogen-bond donors (Lipinski definition) is 3. The van der Waals surface area contributed by atoms with Crippen molar-refractivity contribution in [2.24, 2.45) is 5.73 Å². The van der Waals surface area contributed by atoms with Gasteiger partial charge < -0.3 is 21.1 Å². The molecule has 1 aliphatic rings. The molecule has 6 nitrogen and oxygen atoms in total. The maximum Gasteiger partial charge on any atom is 0.255 e. The molecular weight excluding hydrogens is 234 g/mol. The summed E-state index contributed by atoms with van der Waals surface area (Å²) in [5.74, 6) is -0.438. The predicted octanol–water partition coefficient (Wildman–Crippen LogP) is 0.0945. The van der Waals surface area contributed by atoms with E-state index in [-0.39, 0.29) is 5.91 Å². The number of primary amides is 1. The number of amides is 2. The third kappa shape index (κ3) is 2.37. The summed E-state index contributed by atoms with van der Waals surface area (Å²) in [6.07, 6.45) is 0. The highest BCUT2D eigenvalue weighted by atomic mass is 16.5. The molecule has 0 bridgehead atoms. The first kappa shape index (κ1) is 12.2. The van der Waals surface area contributed by atoms with Crippen molar-refractivity contribution in [3.05, 3.63) is 23.8 Å². The van der Waals surface area contributed by atoms with Gasteiger partial charge in [-0.2, -0.15) is 0 Å². The first-order chi connectivity index (χ1) is 8.59. The molecule has 1 atom stereocenters. The van der Waals surface area contributed by atoms with Gasteiger partial charge in [0.15, 0.2) is 5.75 Å². The Balaban J connectivity index is 2.23. The lowest BCUT2D eigenvalue weighted by atomic mass is 10.1. The smallest absolute Gasteiger partial charge is 0.255 e. The molecule has 0 aliphatic carbocycles. The minimum Gasteiger partial charge on any atom is -0.489 e. The summed E-state index contributed by atoms with van der Waals surface area (Å²) in [5, 5.41) is 5.66. The van der Waals surface area contributed by atoms with Gasteiger partial charge >= 0.3 is 0 Å². The van der Waals surface area contributed by atoms with E-state index < -0.39 is 11.9 Å². The van der Waals surface area contributed by atoms with Gasteiger partial charge in [-0.05, 0) is 19.1 Å². The number of hydrogen-bond acceptors (Lipinski definition) is 4. The highest BCUT2D eigenvalue weighted by Crippen LogP contribution is 2.31. The van der Waals surface area contributed by atoms with Crippen molar-refractivity contribution >= 4 is 17.5 Å². The first-order valence-electron chi connectivity index (χ1n) is 5.69. The van der Waals surface area contributed by atoms with E-state index in [9.17, 15) is 9.59 Å². The fraction of sp³-hybridized carbons (Fsp3) is 0.333. The SMILES string of the molecule is CC(NC(=O)c1cccc2c1OCCN2)C(N)=O. The molecular formula is C12H15N3O3. The van der Waals surface area contributed by atoms with Crippen LogP contribution in [0.2, 0.25) is 0 Å². The van der Waals surface area contributed by atoms with Crippen LogP contribution in [0.15, 0.2) is 18.2 Å². The number of para-hydroxylation sites is 1. The lowest BCUT2D eigenvalue weighted by Gasteiger charge is -2.21. The highest BCUT2D eigenvalue weighted by molar-refractivity contribution is 6.01. The van der Waals surface area contributed by atoms with E-state index in [4.69, 9.17) is 10.5 Å². The van der Waals surface area contributed by atoms with Gasteiger partial charge in [-0.25, -0.2) is 0 Å². The van der Waals surface area contributed by atoms with E-state index >= 15 is 0 Å². The number of nitrogens with two attached hydrogens (primary N) is 1. The lowest BCUT2D eigenvalue weighted by molar-refractivity contribution is -0.119. The largest absolute Gasteiger partial charge is 0.489 e. The Labute approximate surface area is 104 Å². The Kier molecular flexibility index (Phi) is 3.36. The van der Waals surface area contributed by atoms with Crippen LogP contribution in [-0.4, -0.2) is 31.0 Å². The van der Waals surface area contributed by atoms with Crippen molar-refractivity contribution in [2.45, 2.75) is 13.0 Å². The Bertz CT molecular complexity index is 487. The molecule has 0 saturated heterocycles. The normalized spacial score (nSPS) is 14.7. The number of benzene rings is 1. The van der Waals surface area contributed by atoms with Crippen LogP contribution in [0.3, 0.4) is 0 Å². The molecule has 1 unspecified atom stereocenters. The summed E-state index contributed by atoms with van der Waals surface area (Å²) in [6, 6.07) is 4.52. The molecule has 0 fully saturated rings. The molecule has 2 rings (SSSR count). The second-order valence-corrected chi connectivity index (χ2v) is 4.06. The van der Waals surface area contributed by atoms with Gasteiger partial charge in [0.1, 0.15) is 12.6 Å². The second-order valence-electron chi connectivity index (χ2n) is 4.06. The van der Waals surface area contributed by atoms with E-state index in [0.717, 1.165) is 5.69 Å². The number of anilines is 1. The number of rotatable bonds is 3. The highest BCUT2D eigenvalue weighted by Gasteiger charge is 2.21. The van der Waals surface area contributed by atoms with Crippen LogP contribution in [0.5, 0.6) is 5.75 Å². The molecule has 4 N–H and O–H groups in total. The number of carbonyl (C=O) groups excluding carboxylic acids is 2. The zero-order chi connectivity index (χ0) is 13.1. The average Bonchev–Trinajstić information content (AvgIpc) is 2.37. The van der Waals surface area contributed by atoms with Crippen LogP contribution >= 0.6 is 0 Å². The third-order valence-corrected chi connectivity index (χ3v) is 2.70. The summed E-state index contributed by atoms with van der Waals surface area (Å²) in [6.45, 7) is 2.74. The van der Waals surface area contributed by atoms with Gasteiger partial charge in [0.05, 0.1) is 11.3 Å². The number of ether oxygens (including phenoxy) is 1. The minimum absolute atomic E-state index is 0.373. The summed E-state index contributed by atoms with van der Waals surface area (Å²) >= 11 is 0. The molecule has 18 heavy (non-hydrogen) atoms. The van der Waals surface area contributed by atoms with E-state index in [1.54, 1.807) is 12.1 Å². The minimum atomic E-state index is -0.718. The zero-order valence-corrected chi connectivity index (χ0v) is 10.0. The van der Waals surface area contributed by atoms with Gasteiger partial charge in [-0.15, -0.1) is 0 Å². The molecule has 0 radical (unpaired) electrons. The maximum absolute atomic E-state index is 12.0. The van der Waals surface area contributed by atoms with E-state index in [1.807, 2.05) is 6.07 Å². The summed E-state index contributed by atoms with van der Waals surface area (Å²) in [7, 11) is 0. The summed E-state index contributed by atoms with van der Waals surface area (Å²) in [5.41, 5.74) is 6.28. The molecule has 96 valence electrons. The molecule has 0 saturated carbocycles. The average molecular weight is 249 g/mol.